The number of imide groups is 1. The molecule has 2 aromatic rings. The lowest BCUT2D eigenvalue weighted by Gasteiger charge is -2.14. The molecule has 0 radical (unpaired) electrons. The van der Waals surface area contributed by atoms with Crippen LogP contribution in [-0.2, 0) is 9.59 Å². The highest BCUT2D eigenvalue weighted by Gasteiger charge is 2.35. The van der Waals surface area contributed by atoms with Crippen molar-refractivity contribution in [3.8, 4) is 11.5 Å². The third-order valence-electron chi connectivity index (χ3n) is 4.82. The van der Waals surface area contributed by atoms with Crippen molar-refractivity contribution >= 4 is 45.5 Å². The number of hydrogen-bond acceptors (Lipinski definition) is 5. The molecule has 1 fully saturated rings. The van der Waals surface area contributed by atoms with E-state index < -0.39 is 24.4 Å². The molecule has 2 aromatic carbocycles. The molecule has 0 aliphatic carbocycles. The number of carbonyl (C=O) groups excluding carboxylic acids is 3. The summed E-state index contributed by atoms with van der Waals surface area (Å²) in [5.74, 6) is 0.0673. The number of hydrogen-bond donors (Lipinski definition) is 2. The first kappa shape index (κ1) is 23.3. The third kappa shape index (κ3) is 5.47. The second-order valence-corrected chi connectivity index (χ2v) is 8.01. The third-order valence-corrected chi connectivity index (χ3v) is 5.43. The molecule has 1 saturated heterocycles. The molecule has 168 valence electrons. The molecule has 9 heteroatoms. The van der Waals surface area contributed by atoms with E-state index in [2.05, 4.69) is 26.6 Å². The molecule has 0 aromatic heterocycles. The van der Waals surface area contributed by atoms with Gasteiger partial charge in [0, 0.05) is 0 Å². The number of methoxy groups -OCH3 is 1. The van der Waals surface area contributed by atoms with E-state index in [1.54, 1.807) is 48.5 Å². The van der Waals surface area contributed by atoms with Crippen LogP contribution in [0.1, 0.15) is 25.8 Å². The van der Waals surface area contributed by atoms with Crippen molar-refractivity contribution in [3.05, 3.63) is 58.2 Å². The zero-order chi connectivity index (χ0) is 23.3. The fourth-order valence-electron chi connectivity index (χ4n) is 2.97. The molecule has 4 amide bonds. The molecule has 0 bridgehead atoms. The summed E-state index contributed by atoms with van der Waals surface area (Å²) in [5.41, 5.74) is 1.23. The average molecular weight is 502 g/mol. The second-order valence-electron chi connectivity index (χ2n) is 7.15. The van der Waals surface area contributed by atoms with E-state index in [4.69, 9.17) is 9.47 Å². The van der Waals surface area contributed by atoms with Gasteiger partial charge in [-0.05, 0) is 65.2 Å². The Morgan fingerprint density at radius 1 is 1.22 bits per heavy atom. The SMILES string of the molecule is CC[C@@H](C)Oc1ccc(/C=C2/NC(=O)N(CC(=O)Nc3ccccc3OC)C2=O)cc1Br. The Hall–Kier alpha value is -3.33. The predicted molar refractivity (Wildman–Crippen MR) is 124 cm³/mol. The number of benzene rings is 2. The number of nitrogens with zero attached hydrogens (tertiary/aromatic N) is 1. The quantitative estimate of drug-likeness (QED) is 0.418. The maximum Gasteiger partial charge on any atom is 0.329 e. The predicted octanol–water partition coefficient (Wildman–Crippen LogP) is 4.17. The zero-order valence-corrected chi connectivity index (χ0v) is 19.6. The van der Waals surface area contributed by atoms with E-state index in [-0.39, 0.29) is 11.8 Å². The van der Waals surface area contributed by atoms with Crippen LogP contribution >= 0.6 is 15.9 Å². The smallest absolute Gasteiger partial charge is 0.329 e. The molecule has 1 aliphatic rings. The van der Waals surface area contributed by atoms with Crippen molar-refractivity contribution in [2.45, 2.75) is 26.4 Å². The summed E-state index contributed by atoms with van der Waals surface area (Å²) in [7, 11) is 1.49. The Bertz CT molecular complexity index is 1070. The Morgan fingerprint density at radius 3 is 2.66 bits per heavy atom. The summed E-state index contributed by atoms with van der Waals surface area (Å²) in [6.45, 7) is 3.59. The van der Waals surface area contributed by atoms with Gasteiger partial charge in [0.1, 0.15) is 23.7 Å². The van der Waals surface area contributed by atoms with E-state index in [0.717, 1.165) is 15.8 Å². The number of para-hydroxylation sites is 2. The first-order valence-electron chi connectivity index (χ1n) is 10.1. The lowest BCUT2D eigenvalue weighted by Crippen LogP contribution is -2.38. The van der Waals surface area contributed by atoms with Gasteiger partial charge in [-0.25, -0.2) is 9.69 Å². The highest BCUT2D eigenvalue weighted by molar-refractivity contribution is 9.10. The number of amides is 4. The van der Waals surface area contributed by atoms with Gasteiger partial charge >= 0.3 is 6.03 Å². The van der Waals surface area contributed by atoms with Crippen LogP contribution in [-0.4, -0.2) is 42.5 Å². The molecule has 32 heavy (non-hydrogen) atoms. The van der Waals surface area contributed by atoms with E-state index >= 15 is 0 Å². The molecule has 1 aliphatic heterocycles. The van der Waals surface area contributed by atoms with Crippen molar-refractivity contribution < 1.29 is 23.9 Å². The van der Waals surface area contributed by atoms with Gasteiger partial charge in [0.2, 0.25) is 5.91 Å². The maximum absolute atomic E-state index is 12.7. The second kappa shape index (κ2) is 10.3. The largest absolute Gasteiger partial charge is 0.495 e. The van der Waals surface area contributed by atoms with Crippen molar-refractivity contribution in [3.63, 3.8) is 0 Å². The highest BCUT2D eigenvalue weighted by Crippen LogP contribution is 2.28. The summed E-state index contributed by atoms with van der Waals surface area (Å²) in [5, 5.41) is 5.17. The van der Waals surface area contributed by atoms with Gasteiger partial charge in [-0.2, -0.15) is 0 Å². The van der Waals surface area contributed by atoms with Gasteiger partial charge in [-0.3, -0.25) is 9.59 Å². The van der Waals surface area contributed by atoms with Crippen molar-refractivity contribution in [1.29, 1.82) is 0 Å². The van der Waals surface area contributed by atoms with Crippen LogP contribution in [0.5, 0.6) is 11.5 Å². The first-order chi connectivity index (χ1) is 15.3. The van der Waals surface area contributed by atoms with E-state index in [1.165, 1.54) is 7.11 Å². The highest BCUT2D eigenvalue weighted by atomic mass is 79.9. The molecule has 2 N–H and O–H groups in total. The Labute approximate surface area is 194 Å². The number of ether oxygens (including phenoxy) is 2. The number of anilines is 1. The standard InChI is InChI=1S/C23H24BrN3O5/c1-4-14(2)32-19-10-9-15(11-16(19)24)12-18-22(29)27(23(30)26-18)13-21(28)25-17-7-5-6-8-20(17)31-3/h5-12,14H,4,13H2,1-3H3,(H,25,28)(H,26,30)/b18-12+/t14-/m1/s1. The van der Waals surface area contributed by atoms with Gasteiger partial charge in [0.25, 0.3) is 5.91 Å². The van der Waals surface area contributed by atoms with Crippen LogP contribution in [0.15, 0.2) is 52.6 Å². The number of rotatable bonds is 8. The minimum atomic E-state index is -0.660. The van der Waals surface area contributed by atoms with Gasteiger partial charge in [0.15, 0.2) is 0 Å². The molecule has 8 nitrogen and oxygen atoms in total. The lowest BCUT2D eigenvalue weighted by atomic mass is 10.2. The summed E-state index contributed by atoms with van der Waals surface area (Å²) in [6.07, 6.45) is 2.50. The Kier molecular flexibility index (Phi) is 7.53. The number of carbonyl (C=O) groups is 3. The normalized spacial score (nSPS) is 15.5. The van der Waals surface area contributed by atoms with Crippen molar-refractivity contribution in [1.82, 2.24) is 10.2 Å². The molecule has 1 atom stereocenters. The summed E-state index contributed by atoms with van der Waals surface area (Å²) in [4.78, 5) is 38.3. The fourth-order valence-corrected chi connectivity index (χ4v) is 3.46. The van der Waals surface area contributed by atoms with Gasteiger partial charge < -0.3 is 20.1 Å². The summed E-state index contributed by atoms with van der Waals surface area (Å²) < 4.78 is 11.7. The fraction of sp³-hybridized carbons (Fsp3) is 0.261. The van der Waals surface area contributed by atoms with Crippen LogP contribution in [0.2, 0.25) is 0 Å². The van der Waals surface area contributed by atoms with Crippen LogP contribution in [0.3, 0.4) is 0 Å². The van der Waals surface area contributed by atoms with Crippen LogP contribution in [0.25, 0.3) is 6.08 Å². The molecule has 1 heterocycles. The minimum absolute atomic E-state index is 0.0711. The summed E-state index contributed by atoms with van der Waals surface area (Å²) >= 11 is 3.47. The van der Waals surface area contributed by atoms with Gasteiger partial charge in [-0.15, -0.1) is 0 Å². The topological polar surface area (TPSA) is 97.0 Å². The summed E-state index contributed by atoms with van der Waals surface area (Å²) in [6, 6.07) is 11.6. The number of halogens is 1. The van der Waals surface area contributed by atoms with E-state index in [9.17, 15) is 14.4 Å². The number of urea groups is 1. The Balaban J connectivity index is 1.69. The number of nitrogens with one attached hydrogen (secondary N) is 2. The maximum atomic E-state index is 12.7. The molecule has 3 rings (SSSR count). The van der Waals surface area contributed by atoms with Crippen molar-refractivity contribution in [2.75, 3.05) is 19.0 Å². The van der Waals surface area contributed by atoms with E-state index in [0.29, 0.717) is 22.7 Å². The molecular formula is C23H24BrN3O5. The molecule has 0 spiro atoms. The zero-order valence-electron chi connectivity index (χ0n) is 18.0. The van der Waals surface area contributed by atoms with Crippen LogP contribution in [0, 0.1) is 0 Å². The molecule has 0 unspecified atom stereocenters. The Morgan fingerprint density at radius 2 is 1.97 bits per heavy atom. The van der Waals surface area contributed by atoms with Crippen LogP contribution < -0.4 is 20.1 Å². The van der Waals surface area contributed by atoms with E-state index in [1.807, 2.05) is 13.8 Å². The average Bonchev–Trinajstić information content (AvgIpc) is 3.03. The monoisotopic (exact) mass is 501 g/mol. The van der Waals surface area contributed by atoms with Gasteiger partial charge in [0.05, 0.1) is 23.4 Å². The molecular weight excluding hydrogens is 478 g/mol. The minimum Gasteiger partial charge on any atom is -0.495 e. The lowest BCUT2D eigenvalue weighted by molar-refractivity contribution is -0.127. The van der Waals surface area contributed by atoms with Crippen molar-refractivity contribution in [2.24, 2.45) is 0 Å². The van der Waals surface area contributed by atoms with Gasteiger partial charge in [-0.1, -0.05) is 25.1 Å². The molecule has 0 saturated carbocycles. The van der Waals surface area contributed by atoms with Crippen LogP contribution in [0.4, 0.5) is 10.5 Å². The first-order valence-corrected chi connectivity index (χ1v) is 10.8.